The van der Waals surface area contributed by atoms with Crippen LogP contribution in [0.4, 0.5) is 8.78 Å². The quantitative estimate of drug-likeness (QED) is 0.261. The average Bonchev–Trinajstić information content (AvgIpc) is 3.55. The Hall–Kier alpha value is -4.21. The Morgan fingerprint density at radius 2 is 1.85 bits per heavy atom. The Kier molecular flexibility index (Phi) is 6.59. The molecular formula is C31H31F2N5O3. The van der Waals surface area contributed by atoms with E-state index < -0.39 is 17.0 Å². The molecule has 0 unspecified atom stereocenters. The van der Waals surface area contributed by atoms with Crippen LogP contribution in [-0.4, -0.2) is 44.2 Å². The third-order valence-electron chi connectivity index (χ3n) is 9.00. The van der Waals surface area contributed by atoms with E-state index in [1.165, 1.54) is 18.2 Å². The van der Waals surface area contributed by atoms with Crippen molar-refractivity contribution in [3.8, 4) is 17.0 Å². The highest BCUT2D eigenvalue weighted by atomic mass is 19.1. The van der Waals surface area contributed by atoms with Gasteiger partial charge in [-0.2, -0.15) is 15.2 Å². The monoisotopic (exact) mass is 559 g/mol. The molecule has 0 spiro atoms. The van der Waals surface area contributed by atoms with Gasteiger partial charge in [0.1, 0.15) is 17.4 Å². The van der Waals surface area contributed by atoms with Gasteiger partial charge in [0.05, 0.1) is 17.0 Å². The predicted molar refractivity (Wildman–Crippen MR) is 146 cm³/mol. The lowest BCUT2D eigenvalue weighted by Crippen LogP contribution is -2.48. The first-order valence-electron chi connectivity index (χ1n) is 13.8. The number of fused-ring (bicyclic) bond motifs is 5. The maximum atomic E-state index is 14.5. The normalized spacial score (nSPS) is 20.2. The number of ether oxygens (including phenoxy) is 1. The van der Waals surface area contributed by atoms with E-state index >= 15 is 0 Å². The molecule has 0 radical (unpaired) electrons. The van der Waals surface area contributed by atoms with Crippen LogP contribution in [0.2, 0.25) is 0 Å². The van der Waals surface area contributed by atoms with Gasteiger partial charge in [0.25, 0.3) is 5.91 Å². The first-order chi connectivity index (χ1) is 19.6. The van der Waals surface area contributed by atoms with Crippen molar-refractivity contribution in [3.05, 3.63) is 88.7 Å². The summed E-state index contributed by atoms with van der Waals surface area (Å²) in [4.78, 5) is 19.7. The molecule has 0 saturated heterocycles. The van der Waals surface area contributed by atoms with E-state index in [9.17, 15) is 13.6 Å². The fourth-order valence-corrected chi connectivity index (χ4v) is 6.72. The Labute approximate surface area is 236 Å². The van der Waals surface area contributed by atoms with Crippen molar-refractivity contribution in [2.24, 2.45) is 5.41 Å². The fraction of sp³-hybridized carbons (Fsp3) is 0.387. The van der Waals surface area contributed by atoms with E-state index in [1.54, 1.807) is 37.3 Å². The van der Waals surface area contributed by atoms with Crippen LogP contribution < -0.4 is 4.74 Å². The van der Waals surface area contributed by atoms with Gasteiger partial charge in [0, 0.05) is 31.0 Å². The molecule has 0 aliphatic heterocycles. The molecule has 6 rings (SSSR count). The first kappa shape index (κ1) is 27.0. The number of nitrogens with zero attached hydrogens (tertiary/aromatic N) is 5. The Balaban J connectivity index is 1.25. The lowest BCUT2D eigenvalue weighted by atomic mass is 9.68. The summed E-state index contributed by atoms with van der Waals surface area (Å²) in [6.07, 6.45) is 1.76. The number of aromatic nitrogens is 4. The molecule has 2 aliphatic rings. The number of halogens is 2. The van der Waals surface area contributed by atoms with Crippen LogP contribution in [-0.2, 0) is 12.0 Å². The molecule has 2 aromatic carbocycles. The zero-order valence-corrected chi connectivity index (χ0v) is 23.4. The minimum atomic E-state index is -0.666. The summed E-state index contributed by atoms with van der Waals surface area (Å²) in [7, 11) is 0. The molecule has 1 fully saturated rings. The second kappa shape index (κ2) is 10.0. The number of aryl methyl sites for hydroxylation is 1. The molecule has 2 heterocycles. The van der Waals surface area contributed by atoms with Crippen molar-refractivity contribution in [1.29, 1.82) is 0 Å². The smallest absolute Gasteiger partial charge is 0.253 e. The fourth-order valence-electron chi connectivity index (χ4n) is 6.72. The van der Waals surface area contributed by atoms with Crippen LogP contribution in [0.15, 0.2) is 53.1 Å². The molecule has 1 amide bonds. The van der Waals surface area contributed by atoms with E-state index in [2.05, 4.69) is 34.2 Å². The second-order valence-corrected chi connectivity index (χ2v) is 11.4. The highest BCUT2D eigenvalue weighted by Gasteiger charge is 2.64. The van der Waals surface area contributed by atoms with Gasteiger partial charge in [-0.3, -0.25) is 4.79 Å². The highest BCUT2D eigenvalue weighted by Crippen LogP contribution is 2.67. The lowest BCUT2D eigenvalue weighted by Gasteiger charge is -2.41. The van der Waals surface area contributed by atoms with Gasteiger partial charge >= 0.3 is 0 Å². The molecule has 10 heteroatoms. The van der Waals surface area contributed by atoms with Gasteiger partial charge in [-0.05, 0) is 79.1 Å². The zero-order chi connectivity index (χ0) is 28.9. The molecular weight excluding hydrogens is 528 g/mol. The summed E-state index contributed by atoms with van der Waals surface area (Å²) in [5.41, 5.74) is 1.72. The van der Waals surface area contributed by atoms with Gasteiger partial charge in [0.15, 0.2) is 6.61 Å². The van der Waals surface area contributed by atoms with Crippen molar-refractivity contribution in [3.63, 3.8) is 0 Å². The van der Waals surface area contributed by atoms with Crippen molar-refractivity contribution in [2.75, 3.05) is 13.1 Å². The topological polar surface area (TPSA) is 94.2 Å². The standard InChI is InChI=1S/C31H31F2N5O3/c1-5-38(29(39)19-9-11-20(12-10-19)40-16-26-34-18(2)41-37-26)17-31-14-13-22(30(31,3)4)21-15-25(35-36-28(21)31)27-23(32)7-6-8-24(27)33/h6-12,15,22H,5,13-14,16-17H2,1-4H3/t22-,31-/m0/s1. The number of hydrogen-bond acceptors (Lipinski definition) is 7. The molecule has 2 aromatic heterocycles. The molecule has 1 saturated carbocycles. The maximum absolute atomic E-state index is 14.5. The van der Waals surface area contributed by atoms with Gasteiger partial charge < -0.3 is 14.2 Å². The van der Waals surface area contributed by atoms with Gasteiger partial charge in [0.2, 0.25) is 11.7 Å². The molecule has 0 N–H and O–H groups in total. The van der Waals surface area contributed by atoms with E-state index in [-0.39, 0.29) is 35.1 Å². The molecule has 8 nitrogen and oxygen atoms in total. The van der Waals surface area contributed by atoms with Gasteiger partial charge in [-0.1, -0.05) is 25.1 Å². The molecule has 2 atom stereocenters. The van der Waals surface area contributed by atoms with E-state index in [1.807, 2.05) is 11.8 Å². The lowest BCUT2D eigenvalue weighted by molar-refractivity contribution is 0.0652. The zero-order valence-electron chi connectivity index (χ0n) is 23.4. The number of likely N-dealkylation sites (N-methyl/N-ethyl adjacent to an activating group) is 1. The summed E-state index contributed by atoms with van der Waals surface area (Å²) >= 11 is 0. The summed E-state index contributed by atoms with van der Waals surface area (Å²) in [6.45, 7) is 9.22. The second-order valence-electron chi connectivity index (χ2n) is 11.4. The van der Waals surface area contributed by atoms with Crippen molar-refractivity contribution >= 4 is 5.91 Å². The number of hydrogen-bond donors (Lipinski definition) is 0. The molecule has 2 aliphatic carbocycles. The van der Waals surface area contributed by atoms with Crippen LogP contribution >= 0.6 is 0 Å². The van der Waals surface area contributed by atoms with Crippen LogP contribution in [0.5, 0.6) is 5.75 Å². The highest BCUT2D eigenvalue weighted by molar-refractivity contribution is 5.94. The minimum Gasteiger partial charge on any atom is -0.485 e. The van der Waals surface area contributed by atoms with Crippen molar-refractivity contribution in [1.82, 2.24) is 25.2 Å². The number of rotatable bonds is 8. The average molecular weight is 560 g/mol. The Morgan fingerprint density at radius 3 is 2.51 bits per heavy atom. The largest absolute Gasteiger partial charge is 0.485 e. The maximum Gasteiger partial charge on any atom is 0.253 e. The number of carbonyl (C=O) groups excluding carboxylic acids is 1. The third kappa shape index (κ3) is 4.36. The number of amides is 1. The van der Waals surface area contributed by atoms with Gasteiger partial charge in [-0.25, -0.2) is 8.78 Å². The van der Waals surface area contributed by atoms with Crippen molar-refractivity contribution in [2.45, 2.75) is 58.5 Å². The molecule has 212 valence electrons. The predicted octanol–water partition coefficient (Wildman–Crippen LogP) is 6.01. The SMILES string of the molecule is CCN(C[C@@]12CC[C@@H](c3cc(-c4c(F)cccc4F)nnc31)C2(C)C)C(=O)c1ccc(OCc2noc(C)n2)cc1. The summed E-state index contributed by atoms with van der Waals surface area (Å²) < 4.78 is 39.8. The number of carbonyl (C=O) groups is 1. The molecule has 2 bridgehead atoms. The van der Waals surface area contributed by atoms with E-state index in [0.717, 1.165) is 24.1 Å². The summed E-state index contributed by atoms with van der Waals surface area (Å²) in [5.74, 6) is 0.231. The third-order valence-corrected chi connectivity index (χ3v) is 9.00. The minimum absolute atomic E-state index is 0.0899. The van der Waals surface area contributed by atoms with E-state index in [4.69, 9.17) is 9.26 Å². The molecule has 41 heavy (non-hydrogen) atoms. The van der Waals surface area contributed by atoms with Crippen LogP contribution in [0.3, 0.4) is 0 Å². The van der Waals surface area contributed by atoms with Crippen molar-refractivity contribution < 1.29 is 22.8 Å². The van der Waals surface area contributed by atoms with Crippen LogP contribution in [0.1, 0.15) is 72.9 Å². The summed E-state index contributed by atoms with van der Waals surface area (Å²) in [6, 6.07) is 12.6. The van der Waals surface area contributed by atoms with Crippen LogP contribution in [0, 0.1) is 24.0 Å². The van der Waals surface area contributed by atoms with Crippen LogP contribution in [0.25, 0.3) is 11.3 Å². The molecule has 4 aromatic rings. The Morgan fingerprint density at radius 1 is 1.12 bits per heavy atom. The summed E-state index contributed by atoms with van der Waals surface area (Å²) in [5, 5.41) is 12.7. The van der Waals surface area contributed by atoms with E-state index in [0.29, 0.717) is 36.1 Å². The van der Waals surface area contributed by atoms with Gasteiger partial charge in [-0.15, -0.1) is 0 Å². The Bertz CT molecular complexity index is 1600. The first-order valence-corrected chi connectivity index (χ1v) is 13.8. The number of benzene rings is 2.